The number of rotatable bonds is 3. The first kappa shape index (κ1) is 12.0. The van der Waals surface area contributed by atoms with Crippen molar-refractivity contribution in [1.82, 2.24) is 0 Å². The second-order valence-electron chi connectivity index (χ2n) is 11.3. The predicted molar refractivity (Wildman–Crippen MR) is 218 cm³/mol. The maximum Gasteiger partial charge on any atom is 0.143 e. The summed E-state index contributed by atoms with van der Waals surface area (Å²) < 4.78 is 270. The average molecular weight is 676 g/mol. The van der Waals surface area contributed by atoms with Crippen LogP contribution in [0.1, 0.15) is 39.8 Å². The first-order chi connectivity index (χ1) is 37.4. The van der Waals surface area contributed by atoms with Crippen LogP contribution in [0.15, 0.2) is 186 Å². The first-order valence-electron chi connectivity index (χ1n) is 29.7. The van der Waals surface area contributed by atoms with E-state index in [9.17, 15) is 13.7 Å². The predicted octanol–water partition coefficient (Wildman–Crippen LogP) is 14.4. The van der Waals surface area contributed by atoms with E-state index in [0.29, 0.717) is 0 Å². The Morgan fingerprint density at radius 2 is 0.961 bits per heavy atom. The van der Waals surface area contributed by atoms with Crippen molar-refractivity contribution in [3.05, 3.63) is 181 Å². The highest BCUT2D eigenvalue weighted by molar-refractivity contribution is 6.27. The van der Waals surface area contributed by atoms with Crippen molar-refractivity contribution < 1.29 is 44.2 Å². The third-order valence-electron chi connectivity index (χ3n) is 8.69. The van der Waals surface area contributed by atoms with Crippen molar-refractivity contribution in [1.29, 1.82) is 0 Å². The summed E-state index contributed by atoms with van der Waals surface area (Å²) in [7, 11) is 0. The topological polar surface area (TPSA) is 13.1 Å². The van der Waals surface area contributed by atoms with Crippen LogP contribution in [0.2, 0.25) is 0 Å². The van der Waals surface area contributed by atoms with Gasteiger partial charge in [0.05, 0.1) is 39.8 Å². The van der Waals surface area contributed by atoms with Crippen molar-refractivity contribution in [2.24, 2.45) is 0 Å². The number of hydrogen-bond donors (Lipinski definition) is 0. The smallest absolute Gasteiger partial charge is 0.143 e. The lowest BCUT2D eigenvalue weighted by molar-refractivity contribution is 0.673. The van der Waals surface area contributed by atoms with E-state index in [1.807, 2.05) is 0 Å². The van der Waals surface area contributed by atoms with Gasteiger partial charge in [-0.3, -0.25) is 0 Å². The molecule has 11 rings (SSSR count). The van der Waals surface area contributed by atoms with Gasteiger partial charge in [0, 0.05) is 16.2 Å². The Morgan fingerprint density at radius 1 is 0.353 bits per heavy atom. The molecule has 0 N–H and O–H groups in total. The van der Waals surface area contributed by atoms with Gasteiger partial charge in [-0.2, -0.15) is 0 Å². The molecule has 1 heterocycles. The molecule has 236 valence electrons. The lowest BCUT2D eigenvalue weighted by atomic mass is 9.84. The third kappa shape index (κ3) is 4.16. The highest BCUT2D eigenvalue weighted by atomic mass is 16.3. The monoisotopic (exact) mass is 675 g/mol. The Balaban J connectivity index is 1.44. The highest BCUT2D eigenvalue weighted by Gasteiger charge is 2.21. The van der Waals surface area contributed by atoms with Gasteiger partial charge >= 0.3 is 0 Å². The molecule has 0 spiro atoms. The Morgan fingerprint density at radius 3 is 1.71 bits per heavy atom. The van der Waals surface area contributed by atoms with Crippen molar-refractivity contribution in [2.75, 3.05) is 0 Å². The van der Waals surface area contributed by atoms with Gasteiger partial charge in [-0.15, -0.1) is 0 Å². The maximum absolute atomic E-state index is 10.1. The van der Waals surface area contributed by atoms with Crippen molar-refractivity contribution in [3.63, 3.8) is 0 Å². The fourth-order valence-corrected chi connectivity index (χ4v) is 6.59. The van der Waals surface area contributed by atoms with E-state index >= 15 is 0 Å². The van der Waals surface area contributed by atoms with Crippen molar-refractivity contribution >= 4 is 75.8 Å². The van der Waals surface area contributed by atoms with E-state index in [1.165, 1.54) is 0 Å². The van der Waals surface area contributed by atoms with Gasteiger partial charge in [-0.1, -0.05) is 157 Å². The summed E-state index contributed by atoms with van der Waals surface area (Å²) in [5.74, 6) is 0. The molecule has 0 radical (unpaired) electrons. The molecule has 10 aromatic carbocycles. The Bertz CT molecular complexity index is 4790. The molecular weight excluding hydrogens is 617 g/mol. The fraction of sp³-hybridized carbons (Fsp3) is 0. The quantitative estimate of drug-likeness (QED) is 0.134. The zero-order valence-corrected chi connectivity index (χ0v) is 25.5. The van der Waals surface area contributed by atoms with Crippen molar-refractivity contribution in [3.8, 4) is 33.4 Å². The molecule has 0 aliphatic carbocycles. The molecule has 0 bridgehead atoms. The van der Waals surface area contributed by atoms with Gasteiger partial charge < -0.3 is 4.42 Å². The normalized spacial score (nSPS) is 19.9. The molecule has 11 aromatic rings. The molecule has 0 saturated carbocycles. The number of benzene rings is 10. The number of fused-ring (bicyclic) bond motifs is 10. The Labute approximate surface area is 335 Å². The number of hydrogen-bond acceptors (Lipinski definition) is 1. The molecule has 0 aliphatic rings. The molecule has 51 heavy (non-hydrogen) atoms. The van der Waals surface area contributed by atoms with Crippen LogP contribution < -0.4 is 0 Å². The standard InChI is InChI=1S/C50H30O/c1-4-18-36-31(13-1)27-28-44-49-43(25-12-26-46(49)51-50(36)44)48-41-23-9-7-21-39(41)47(40-22-8-10-24-42(40)48)34-16-11-15-32(29-34)45-30-33-14-2-3-17-35(33)37-19-5-6-20-38(37)45/h1-30H/i1D,2D,3D,4D,5D,6D,7D,8D,9D,10D,11D,12D,13D,14D,16D,17D,18D,19D,20D,21D,22D,23D,24D,25D,26D,27D,28D,29D,30D. The average Bonchev–Trinajstić information content (AvgIpc) is 4.01. The summed E-state index contributed by atoms with van der Waals surface area (Å²) >= 11 is 0. The minimum atomic E-state index is -1.02. The third-order valence-corrected chi connectivity index (χ3v) is 8.69. The largest absolute Gasteiger partial charge is 0.455 e. The summed E-state index contributed by atoms with van der Waals surface area (Å²) in [5, 5.41) is -7.25. The second-order valence-corrected chi connectivity index (χ2v) is 11.3. The second kappa shape index (κ2) is 10.9. The van der Waals surface area contributed by atoms with Crippen LogP contribution in [0.5, 0.6) is 0 Å². The molecule has 0 unspecified atom stereocenters. The van der Waals surface area contributed by atoms with E-state index < -0.39 is 284 Å². The summed E-state index contributed by atoms with van der Waals surface area (Å²) in [6.07, 6.45) is 0. The summed E-state index contributed by atoms with van der Waals surface area (Å²) in [6.45, 7) is 0. The van der Waals surface area contributed by atoms with Gasteiger partial charge in [0.25, 0.3) is 0 Å². The van der Waals surface area contributed by atoms with E-state index in [0.717, 1.165) is 6.07 Å². The first-order valence-corrected chi connectivity index (χ1v) is 15.2. The molecule has 0 atom stereocenters. The Hall–Kier alpha value is -6.70. The molecule has 0 saturated heterocycles. The minimum Gasteiger partial charge on any atom is -0.455 e. The molecule has 1 heteroatoms. The van der Waals surface area contributed by atoms with Crippen LogP contribution in [0.25, 0.3) is 109 Å². The zero-order valence-electron chi connectivity index (χ0n) is 54.5. The zero-order chi connectivity index (χ0) is 58.7. The highest BCUT2D eigenvalue weighted by Crippen LogP contribution is 2.48. The molecular formula is C50H30O. The fourth-order valence-electron chi connectivity index (χ4n) is 6.59. The Kier molecular flexibility index (Phi) is 2.56. The van der Waals surface area contributed by atoms with Gasteiger partial charge in [0.1, 0.15) is 11.2 Å². The SMILES string of the molecule is [2H]c1cc(-c2c([2H])c3c([2H])c([2H])c([2H])c([2H])c3c3c([2H])c([2H])c([2H])c([2H])c23)c([2H])c(-c2c3c([2H])c([2H])c([2H])c([2H])c3c(-c3c([2H])c([2H])c([2H])c4oc5c6c([2H])c([2H])c([2H])c([2H])c6c([2H])c([2H])c5c34)c3c([2H])c([2H])c([2H])c([2H])c23)c1[2H]. The maximum atomic E-state index is 10.1. The van der Waals surface area contributed by atoms with Crippen LogP contribution in [0.3, 0.4) is 0 Å². The van der Waals surface area contributed by atoms with Gasteiger partial charge in [0.15, 0.2) is 0 Å². The minimum absolute atomic E-state index is 0.469. The molecule has 0 amide bonds. The summed E-state index contributed by atoms with van der Waals surface area (Å²) in [4.78, 5) is 0. The summed E-state index contributed by atoms with van der Waals surface area (Å²) in [5.41, 5.74) is -5.49. The summed E-state index contributed by atoms with van der Waals surface area (Å²) in [6, 6.07) is -25.2. The van der Waals surface area contributed by atoms with Crippen LogP contribution in [0, 0.1) is 0 Å². The van der Waals surface area contributed by atoms with Crippen LogP contribution in [-0.4, -0.2) is 0 Å². The van der Waals surface area contributed by atoms with Gasteiger partial charge in [0.2, 0.25) is 0 Å². The van der Waals surface area contributed by atoms with Crippen molar-refractivity contribution in [2.45, 2.75) is 0 Å². The van der Waals surface area contributed by atoms with E-state index in [1.54, 1.807) is 0 Å². The van der Waals surface area contributed by atoms with Crippen LogP contribution >= 0.6 is 0 Å². The van der Waals surface area contributed by atoms with Gasteiger partial charge in [-0.05, 0) is 106 Å². The molecule has 0 aliphatic heterocycles. The lowest BCUT2D eigenvalue weighted by Gasteiger charge is -2.19. The van der Waals surface area contributed by atoms with E-state index in [2.05, 4.69) is 0 Å². The number of furan rings is 1. The molecule has 1 nitrogen and oxygen atoms in total. The van der Waals surface area contributed by atoms with Crippen LogP contribution in [0.4, 0.5) is 0 Å². The van der Waals surface area contributed by atoms with E-state index in [-0.39, 0.29) is 0 Å². The van der Waals surface area contributed by atoms with Gasteiger partial charge in [-0.25, -0.2) is 0 Å². The lowest BCUT2D eigenvalue weighted by Crippen LogP contribution is -1.92. The van der Waals surface area contributed by atoms with Crippen LogP contribution in [-0.2, 0) is 0 Å². The van der Waals surface area contributed by atoms with E-state index in [4.69, 9.17) is 30.5 Å². The molecule has 1 aromatic heterocycles. The molecule has 0 fully saturated rings.